The number of carbonyl (C=O) groups is 2. The fourth-order valence-electron chi connectivity index (χ4n) is 3.36. The van der Waals surface area contributed by atoms with E-state index in [1.807, 2.05) is 58.9 Å². The topological polar surface area (TPSA) is 61.4 Å². The molecule has 0 unspecified atom stereocenters. The zero-order valence-corrected chi connectivity index (χ0v) is 18.1. The molecule has 0 aliphatic carbocycles. The Morgan fingerprint density at radius 3 is 1.64 bits per heavy atom. The number of nitrogens with zero attached hydrogens (tertiary/aromatic N) is 1. The highest BCUT2D eigenvalue weighted by Crippen LogP contribution is 2.27. The maximum atomic E-state index is 12.4. The Morgan fingerprint density at radius 1 is 0.786 bits per heavy atom. The third kappa shape index (κ3) is 5.81. The Hall–Kier alpha value is -2.37. The lowest BCUT2D eigenvalue weighted by molar-refractivity contribution is -0.119. The highest BCUT2D eigenvalue weighted by atomic mass is 35.5. The van der Waals surface area contributed by atoms with Crippen LogP contribution in [0.1, 0.15) is 27.8 Å². The van der Waals surface area contributed by atoms with E-state index in [4.69, 9.17) is 11.6 Å². The van der Waals surface area contributed by atoms with E-state index in [2.05, 4.69) is 10.6 Å². The number of hydrogen-bond donors (Lipinski definition) is 2. The van der Waals surface area contributed by atoms with Gasteiger partial charge >= 0.3 is 0 Å². The highest BCUT2D eigenvalue weighted by Gasteiger charge is 2.15. The first kappa shape index (κ1) is 21.9. The van der Waals surface area contributed by atoms with Crippen molar-refractivity contribution in [1.29, 1.82) is 0 Å². The SMILES string of the molecule is Cc1cc(C)c(NC(=O)CN(C)CC(=O)Nc2c(C)cc(C)cc2Cl)c(C)c1. The van der Waals surface area contributed by atoms with Gasteiger partial charge < -0.3 is 10.6 Å². The zero-order chi connectivity index (χ0) is 21.0. The summed E-state index contributed by atoms with van der Waals surface area (Å²) in [5.74, 6) is -0.373. The van der Waals surface area contributed by atoms with Crippen molar-refractivity contribution in [3.8, 4) is 0 Å². The van der Waals surface area contributed by atoms with E-state index in [0.29, 0.717) is 10.7 Å². The monoisotopic (exact) mass is 401 g/mol. The van der Waals surface area contributed by atoms with Crippen LogP contribution in [0.15, 0.2) is 24.3 Å². The molecule has 2 aromatic rings. The van der Waals surface area contributed by atoms with Crippen LogP contribution in [0.3, 0.4) is 0 Å². The molecule has 0 saturated heterocycles. The summed E-state index contributed by atoms with van der Waals surface area (Å²) in [4.78, 5) is 26.4. The molecule has 2 N–H and O–H groups in total. The number of likely N-dealkylation sites (N-methyl/N-ethyl adjacent to an activating group) is 1. The van der Waals surface area contributed by atoms with Crippen LogP contribution < -0.4 is 10.6 Å². The van der Waals surface area contributed by atoms with Crippen molar-refractivity contribution in [3.63, 3.8) is 0 Å². The molecule has 5 nitrogen and oxygen atoms in total. The van der Waals surface area contributed by atoms with E-state index in [-0.39, 0.29) is 24.9 Å². The number of hydrogen-bond acceptors (Lipinski definition) is 3. The molecule has 2 amide bonds. The predicted molar refractivity (Wildman–Crippen MR) is 116 cm³/mol. The second kappa shape index (κ2) is 9.22. The molecule has 6 heteroatoms. The lowest BCUT2D eigenvalue weighted by Crippen LogP contribution is -2.36. The fraction of sp³-hybridized carbons (Fsp3) is 0.364. The minimum absolute atomic E-state index is 0.0862. The molecule has 0 fully saturated rings. The molecule has 0 radical (unpaired) electrons. The summed E-state index contributed by atoms with van der Waals surface area (Å²) in [5.41, 5.74) is 6.59. The maximum Gasteiger partial charge on any atom is 0.238 e. The van der Waals surface area contributed by atoms with Gasteiger partial charge in [0.1, 0.15) is 0 Å². The second-order valence-corrected chi connectivity index (χ2v) is 7.89. The lowest BCUT2D eigenvalue weighted by Gasteiger charge is -2.18. The Kier molecular flexibility index (Phi) is 7.22. The standard InChI is InChI=1S/C22H28ClN3O2/c1-13-7-15(3)21(16(4)8-13)24-19(27)11-26(6)12-20(28)25-22-17(5)9-14(2)10-18(22)23/h7-10H,11-12H2,1-6H3,(H,24,27)(H,25,28). The molecule has 0 aromatic heterocycles. The molecule has 2 rings (SSSR count). The number of benzene rings is 2. The van der Waals surface area contributed by atoms with E-state index in [0.717, 1.165) is 33.5 Å². The first-order valence-corrected chi connectivity index (χ1v) is 9.57. The summed E-state index contributed by atoms with van der Waals surface area (Å²) in [6, 6.07) is 7.85. The van der Waals surface area contributed by atoms with Crippen LogP contribution in [-0.2, 0) is 9.59 Å². The minimum Gasteiger partial charge on any atom is -0.324 e. The van der Waals surface area contributed by atoms with Gasteiger partial charge in [-0.05, 0) is 70.0 Å². The van der Waals surface area contributed by atoms with Crippen LogP contribution in [0.5, 0.6) is 0 Å². The molecule has 0 bridgehead atoms. The number of halogens is 1. The van der Waals surface area contributed by atoms with Crippen LogP contribution in [0.25, 0.3) is 0 Å². The van der Waals surface area contributed by atoms with Gasteiger partial charge in [0.2, 0.25) is 11.8 Å². The Bertz CT molecular complexity index is 789. The third-order valence-electron chi connectivity index (χ3n) is 4.46. The van der Waals surface area contributed by atoms with E-state index >= 15 is 0 Å². The summed E-state index contributed by atoms with van der Waals surface area (Å²) in [5, 5.41) is 6.30. The van der Waals surface area contributed by atoms with Crippen molar-refractivity contribution >= 4 is 34.8 Å². The van der Waals surface area contributed by atoms with Crippen LogP contribution >= 0.6 is 11.6 Å². The molecule has 0 heterocycles. The van der Waals surface area contributed by atoms with E-state index in [9.17, 15) is 9.59 Å². The Labute approximate surface area is 172 Å². The molecule has 28 heavy (non-hydrogen) atoms. The summed E-state index contributed by atoms with van der Waals surface area (Å²) in [6.45, 7) is 10.0. The maximum absolute atomic E-state index is 12.4. The quantitative estimate of drug-likeness (QED) is 0.754. The summed E-state index contributed by atoms with van der Waals surface area (Å²) < 4.78 is 0. The number of nitrogens with one attached hydrogen (secondary N) is 2. The van der Waals surface area contributed by atoms with Crippen molar-refractivity contribution in [3.05, 3.63) is 57.1 Å². The molecule has 0 aliphatic rings. The highest BCUT2D eigenvalue weighted by molar-refractivity contribution is 6.34. The van der Waals surface area contributed by atoms with E-state index < -0.39 is 0 Å². The van der Waals surface area contributed by atoms with Crippen LogP contribution in [0.4, 0.5) is 11.4 Å². The first-order chi connectivity index (χ1) is 13.1. The first-order valence-electron chi connectivity index (χ1n) is 9.19. The number of aryl methyl sites for hydroxylation is 5. The average molecular weight is 402 g/mol. The van der Waals surface area contributed by atoms with Crippen LogP contribution in [0, 0.1) is 34.6 Å². The van der Waals surface area contributed by atoms with Gasteiger partial charge in [0.15, 0.2) is 0 Å². The Morgan fingerprint density at radius 2 is 1.18 bits per heavy atom. The van der Waals surface area contributed by atoms with Crippen molar-refractivity contribution in [1.82, 2.24) is 4.90 Å². The normalized spacial score (nSPS) is 10.9. The molecule has 0 spiro atoms. The smallest absolute Gasteiger partial charge is 0.238 e. The summed E-state index contributed by atoms with van der Waals surface area (Å²) in [7, 11) is 1.73. The van der Waals surface area contributed by atoms with Gasteiger partial charge in [-0.15, -0.1) is 0 Å². The van der Waals surface area contributed by atoms with Gasteiger partial charge in [0, 0.05) is 5.69 Å². The molecular formula is C22H28ClN3O2. The number of rotatable bonds is 6. The van der Waals surface area contributed by atoms with Gasteiger partial charge in [-0.2, -0.15) is 0 Å². The second-order valence-electron chi connectivity index (χ2n) is 7.48. The molecular weight excluding hydrogens is 374 g/mol. The van der Waals surface area contributed by atoms with Crippen LogP contribution in [0.2, 0.25) is 5.02 Å². The average Bonchev–Trinajstić information content (AvgIpc) is 2.54. The van der Waals surface area contributed by atoms with Crippen molar-refractivity contribution in [2.75, 3.05) is 30.8 Å². The molecule has 0 aliphatic heterocycles. The summed E-state index contributed by atoms with van der Waals surface area (Å²) in [6.07, 6.45) is 0. The minimum atomic E-state index is -0.216. The van der Waals surface area contributed by atoms with E-state index in [1.54, 1.807) is 11.9 Å². The van der Waals surface area contributed by atoms with Crippen molar-refractivity contribution in [2.24, 2.45) is 0 Å². The lowest BCUT2D eigenvalue weighted by atomic mass is 10.1. The van der Waals surface area contributed by atoms with Gasteiger partial charge in [-0.1, -0.05) is 35.4 Å². The Balaban J connectivity index is 1.94. The molecule has 150 valence electrons. The zero-order valence-electron chi connectivity index (χ0n) is 17.4. The molecule has 0 atom stereocenters. The van der Waals surface area contributed by atoms with Gasteiger partial charge in [-0.3, -0.25) is 14.5 Å². The molecule has 2 aromatic carbocycles. The third-order valence-corrected chi connectivity index (χ3v) is 4.76. The number of carbonyl (C=O) groups excluding carboxylic acids is 2. The predicted octanol–water partition coefficient (Wildman–Crippen LogP) is 4.39. The molecule has 0 saturated carbocycles. The number of amides is 2. The fourth-order valence-corrected chi connectivity index (χ4v) is 3.72. The summed E-state index contributed by atoms with van der Waals surface area (Å²) >= 11 is 6.24. The van der Waals surface area contributed by atoms with Gasteiger partial charge in [-0.25, -0.2) is 0 Å². The largest absolute Gasteiger partial charge is 0.324 e. The number of anilines is 2. The van der Waals surface area contributed by atoms with Crippen molar-refractivity contribution < 1.29 is 9.59 Å². The van der Waals surface area contributed by atoms with Gasteiger partial charge in [0.05, 0.1) is 23.8 Å². The van der Waals surface area contributed by atoms with Gasteiger partial charge in [0.25, 0.3) is 0 Å². The van der Waals surface area contributed by atoms with Crippen LogP contribution in [-0.4, -0.2) is 36.9 Å². The van der Waals surface area contributed by atoms with Crippen molar-refractivity contribution in [2.45, 2.75) is 34.6 Å². The van der Waals surface area contributed by atoms with E-state index in [1.165, 1.54) is 0 Å².